The first kappa shape index (κ1) is 11.2. The van der Waals surface area contributed by atoms with Crippen LogP contribution in [0.5, 0.6) is 0 Å². The quantitative estimate of drug-likeness (QED) is 0.510. The van der Waals surface area contributed by atoms with Gasteiger partial charge in [0.05, 0.1) is 6.54 Å². The van der Waals surface area contributed by atoms with E-state index >= 15 is 0 Å². The minimum Gasteiger partial charge on any atom is -0.352 e. The van der Waals surface area contributed by atoms with Crippen LogP contribution in [0.2, 0.25) is 0 Å². The zero-order valence-electron chi connectivity index (χ0n) is 8.88. The Morgan fingerprint density at radius 1 is 1.57 bits per heavy atom. The number of carbonyl (C=O) groups excluding carboxylic acids is 1. The van der Waals surface area contributed by atoms with Crippen molar-refractivity contribution >= 4 is 5.91 Å². The number of rotatable bonds is 5. The van der Waals surface area contributed by atoms with E-state index in [4.69, 9.17) is 0 Å². The maximum Gasteiger partial charge on any atom is 0.234 e. The van der Waals surface area contributed by atoms with Crippen molar-refractivity contribution in [2.75, 3.05) is 13.1 Å². The molecule has 2 unspecified atom stereocenters. The summed E-state index contributed by atoms with van der Waals surface area (Å²) in [4.78, 5) is 11.4. The predicted molar refractivity (Wildman–Crippen MR) is 58.0 cm³/mol. The molecule has 0 aromatic heterocycles. The van der Waals surface area contributed by atoms with Crippen molar-refractivity contribution in [2.45, 2.75) is 32.2 Å². The number of amides is 1. The molecule has 0 aliphatic heterocycles. The molecule has 1 fully saturated rings. The maximum atomic E-state index is 11.4. The van der Waals surface area contributed by atoms with Gasteiger partial charge in [-0.3, -0.25) is 4.79 Å². The van der Waals surface area contributed by atoms with Crippen molar-refractivity contribution in [1.29, 1.82) is 0 Å². The highest BCUT2D eigenvalue weighted by Gasteiger charge is 2.24. The highest BCUT2D eigenvalue weighted by Crippen LogP contribution is 2.24. The summed E-state index contributed by atoms with van der Waals surface area (Å²) in [6.45, 7) is 6.87. The van der Waals surface area contributed by atoms with Gasteiger partial charge in [0.25, 0.3) is 0 Å². The van der Waals surface area contributed by atoms with E-state index in [-0.39, 0.29) is 5.91 Å². The van der Waals surface area contributed by atoms with E-state index in [9.17, 15) is 4.79 Å². The van der Waals surface area contributed by atoms with Crippen LogP contribution in [0, 0.1) is 5.92 Å². The third kappa shape index (κ3) is 3.50. The Hall–Kier alpha value is -0.830. The van der Waals surface area contributed by atoms with Crippen LogP contribution in [0.4, 0.5) is 0 Å². The molecule has 0 radical (unpaired) electrons. The van der Waals surface area contributed by atoms with Crippen molar-refractivity contribution in [3.63, 3.8) is 0 Å². The topological polar surface area (TPSA) is 41.1 Å². The fourth-order valence-corrected chi connectivity index (χ4v) is 1.91. The first-order valence-electron chi connectivity index (χ1n) is 5.35. The molecule has 1 aliphatic rings. The lowest BCUT2D eigenvalue weighted by Crippen LogP contribution is -2.41. The summed E-state index contributed by atoms with van der Waals surface area (Å²) < 4.78 is 0. The SMILES string of the molecule is C=CCNCC(=O)NC1CCCC1C. The molecule has 2 N–H and O–H groups in total. The monoisotopic (exact) mass is 196 g/mol. The molecule has 0 bridgehead atoms. The zero-order valence-corrected chi connectivity index (χ0v) is 8.88. The van der Waals surface area contributed by atoms with Gasteiger partial charge in [-0.05, 0) is 18.8 Å². The van der Waals surface area contributed by atoms with E-state index in [0.717, 1.165) is 6.42 Å². The van der Waals surface area contributed by atoms with Crippen molar-refractivity contribution in [3.8, 4) is 0 Å². The third-order valence-electron chi connectivity index (χ3n) is 2.78. The molecular formula is C11H20N2O. The van der Waals surface area contributed by atoms with Crippen molar-refractivity contribution in [3.05, 3.63) is 12.7 Å². The first-order valence-corrected chi connectivity index (χ1v) is 5.35. The highest BCUT2D eigenvalue weighted by molar-refractivity contribution is 5.78. The smallest absolute Gasteiger partial charge is 0.234 e. The maximum absolute atomic E-state index is 11.4. The van der Waals surface area contributed by atoms with E-state index in [1.165, 1.54) is 12.8 Å². The van der Waals surface area contributed by atoms with Gasteiger partial charge in [0.1, 0.15) is 0 Å². The average Bonchev–Trinajstić information content (AvgIpc) is 2.52. The van der Waals surface area contributed by atoms with Gasteiger partial charge < -0.3 is 10.6 Å². The van der Waals surface area contributed by atoms with Crippen molar-refractivity contribution < 1.29 is 4.79 Å². The molecule has 1 rings (SSSR count). The molecule has 0 heterocycles. The molecule has 2 atom stereocenters. The average molecular weight is 196 g/mol. The van der Waals surface area contributed by atoms with Crippen LogP contribution >= 0.6 is 0 Å². The molecule has 0 aromatic rings. The van der Waals surface area contributed by atoms with E-state index in [2.05, 4.69) is 24.1 Å². The summed E-state index contributed by atoms with van der Waals surface area (Å²) in [6, 6.07) is 0.396. The first-order chi connectivity index (χ1) is 6.74. The summed E-state index contributed by atoms with van der Waals surface area (Å²) in [5.41, 5.74) is 0. The minimum absolute atomic E-state index is 0.102. The van der Waals surface area contributed by atoms with Gasteiger partial charge in [-0.15, -0.1) is 6.58 Å². The standard InChI is InChI=1S/C11H20N2O/c1-3-7-12-8-11(14)13-10-6-4-5-9(10)2/h3,9-10,12H,1,4-8H2,2H3,(H,13,14). The molecule has 3 heteroatoms. The fraction of sp³-hybridized carbons (Fsp3) is 0.727. The molecule has 3 nitrogen and oxygen atoms in total. The molecule has 80 valence electrons. The van der Waals surface area contributed by atoms with Gasteiger partial charge in [0, 0.05) is 12.6 Å². The van der Waals surface area contributed by atoms with Gasteiger partial charge >= 0.3 is 0 Å². The van der Waals surface area contributed by atoms with Crippen LogP contribution in [0.25, 0.3) is 0 Å². The Labute approximate surface area is 86.0 Å². The second kappa shape index (κ2) is 5.81. The van der Waals surface area contributed by atoms with Gasteiger partial charge in [0.2, 0.25) is 5.91 Å². The Morgan fingerprint density at radius 3 is 2.93 bits per heavy atom. The van der Waals surface area contributed by atoms with Crippen LogP contribution in [-0.4, -0.2) is 25.0 Å². The van der Waals surface area contributed by atoms with E-state index < -0.39 is 0 Å². The number of hydrogen-bond donors (Lipinski definition) is 2. The number of hydrogen-bond acceptors (Lipinski definition) is 2. The molecular weight excluding hydrogens is 176 g/mol. The zero-order chi connectivity index (χ0) is 10.4. The predicted octanol–water partition coefficient (Wildman–Crippen LogP) is 1.07. The molecule has 0 saturated heterocycles. The van der Waals surface area contributed by atoms with E-state index in [1.807, 2.05) is 0 Å². The third-order valence-corrected chi connectivity index (χ3v) is 2.78. The summed E-state index contributed by atoms with van der Waals surface area (Å²) >= 11 is 0. The van der Waals surface area contributed by atoms with Crippen LogP contribution in [0.15, 0.2) is 12.7 Å². The Bertz CT molecular complexity index is 203. The van der Waals surface area contributed by atoms with Gasteiger partial charge in [-0.2, -0.15) is 0 Å². The van der Waals surface area contributed by atoms with Crippen molar-refractivity contribution in [2.24, 2.45) is 5.92 Å². The molecule has 14 heavy (non-hydrogen) atoms. The van der Waals surface area contributed by atoms with E-state index in [1.54, 1.807) is 6.08 Å². The number of carbonyl (C=O) groups is 1. The van der Waals surface area contributed by atoms with Crippen LogP contribution < -0.4 is 10.6 Å². The summed E-state index contributed by atoms with van der Waals surface area (Å²) in [7, 11) is 0. The normalized spacial score (nSPS) is 26.1. The lowest BCUT2D eigenvalue weighted by molar-refractivity contribution is -0.121. The Balaban J connectivity index is 2.16. The van der Waals surface area contributed by atoms with Gasteiger partial charge in [-0.25, -0.2) is 0 Å². The highest BCUT2D eigenvalue weighted by atomic mass is 16.1. The second-order valence-electron chi connectivity index (χ2n) is 4.00. The lowest BCUT2D eigenvalue weighted by Gasteiger charge is -2.17. The summed E-state index contributed by atoms with van der Waals surface area (Å²) in [6.07, 6.45) is 5.37. The summed E-state index contributed by atoms with van der Waals surface area (Å²) in [5.74, 6) is 0.740. The fourth-order valence-electron chi connectivity index (χ4n) is 1.91. The Kier molecular flexibility index (Phi) is 4.66. The number of nitrogens with one attached hydrogen (secondary N) is 2. The molecule has 0 aromatic carbocycles. The lowest BCUT2D eigenvalue weighted by atomic mass is 10.1. The van der Waals surface area contributed by atoms with Crippen LogP contribution in [0.3, 0.4) is 0 Å². The molecule has 1 aliphatic carbocycles. The molecule has 1 amide bonds. The Morgan fingerprint density at radius 2 is 2.36 bits per heavy atom. The summed E-state index contributed by atoms with van der Waals surface area (Å²) in [5, 5.41) is 6.05. The largest absolute Gasteiger partial charge is 0.352 e. The molecule has 0 spiro atoms. The second-order valence-corrected chi connectivity index (χ2v) is 4.00. The van der Waals surface area contributed by atoms with Crippen LogP contribution in [-0.2, 0) is 4.79 Å². The van der Waals surface area contributed by atoms with E-state index in [0.29, 0.717) is 25.0 Å². The van der Waals surface area contributed by atoms with Gasteiger partial charge in [-0.1, -0.05) is 19.4 Å². The minimum atomic E-state index is 0.102. The van der Waals surface area contributed by atoms with Crippen molar-refractivity contribution in [1.82, 2.24) is 10.6 Å². The van der Waals surface area contributed by atoms with Crippen LogP contribution in [0.1, 0.15) is 26.2 Å². The van der Waals surface area contributed by atoms with Gasteiger partial charge in [0.15, 0.2) is 0 Å². The molecule has 1 saturated carbocycles.